The van der Waals surface area contributed by atoms with Crippen molar-refractivity contribution in [2.24, 2.45) is 5.73 Å². The SMILES string of the molecule is C[C@@H](N)C(=O)N[C@H](CS)C(=O)N[C@H](Cc1ccc(O)cc1)C(=O)N[C@@H](C=O)Cc1c[nH]c2ccccc12. The fraction of sp³-hybridized carbons (Fsp3) is 0.308. The van der Waals surface area contributed by atoms with Crippen LogP contribution in [0.1, 0.15) is 18.1 Å². The van der Waals surface area contributed by atoms with Crippen LogP contribution in [0.3, 0.4) is 0 Å². The number of amides is 3. The van der Waals surface area contributed by atoms with Gasteiger partial charge in [0, 0.05) is 35.7 Å². The number of benzene rings is 2. The molecule has 3 rings (SSSR count). The van der Waals surface area contributed by atoms with Crippen molar-refractivity contribution in [2.75, 3.05) is 5.75 Å². The van der Waals surface area contributed by atoms with Crippen molar-refractivity contribution in [3.8, 4) is 5.75 Å². The number of H-pyrrole nitrogens is 1. The first-order chi connectivity index (χ1) is 17.7. The van der Waals surface area contributed by atoms with Crippen LogP contribution in [0, 0.1) is 0 Å². The summed E-state index contributed by atoms with van der Waals surface area (Å²) in [5.74, 6) is -1.69. The van der Waals surface area contributed by atoms with E-state index in [2.05, 4.69) is 33.6 Å². The summed E-state index contributed by atoms with van der Waals surface area (Å²) in [6.07, 6.45) is 2.78. The minimum atomic E-state index is -1.07. The molecule has 10 nitrogen and oxygen atoms in total. The zero-order chi connectivity index (χ0) is 26.9. The van der Waals surface area contributed by atoms with Gasteiger partial charge in [0.05, 0.1) is 12.1 Å². The first-order valence-corrected chi connectivity index (χ1v) is 12.4. The summed E-state index contributed by atoms with van der Waals surface area (Å²) >= 11 is 4.14. The number of hydrogen-bond acceptors (Lipinski definition) is 7. The molecule has 0 fully saturated rings. The van der Waals surface area contributed by atoms with Crippen molar-refractivity contribution in [3.63, 3.8) is 0 Å². The van der Waals surface area contributed by atoms with Crippen LogP contribution in [0.15, 0.2) is 54.7 Å². The van der Waals surface area contributed by atoms with Gasteiger partial charge in [-0.1, -0.05) is 30.3 Å². The van der Waals surface area contributed by atoms with Crippen molar-refractivity contribution >= 4 is 47.5 Å². The monoisotopic (exact) mass is 525 g/mol. The van der Waals surface area contributed by atoms with Gasteiger partial charge in [-0.15, -0.1) is 0 Å². The average Bonchev–Trinajstić information content (AvgIpc) is 3.29. The highest BCUT2D eigenvalue weighted by Gasteiger charge is 2.28. The summed E-state index contributed by atoms with van der Waals surface area (Å²) in [6, 6.07) is 10.0. The number of aromatic nitrogens is 1. The number of aromatic hydroxyl groups is 1. The van der Waals surface area contributed by atoms with E-state index in [1.807, 2.05) is 24.3 Å². The van der Waals surface area contributed by atoms with Crippen LogP contribution in [0.25, 0.3) is 10.9 Å². The third kappa shape index (κ3) is 7.58. The molecule has 0 aliphatic carbocycles. The predicted molar refractivity (Wildman–Crippen MR) is 143 cm³/mol. The minimum absolute atomic E-state index is 0.0185. The standard InChI is InChI=1S/C26H31N5O5S/c1-15(27)24(34)31-23(14-37)26(36)30-22(10-16-6-8-19(33)9-7-16)25(35)29-18(13-32)11-17-12-28-21-5-3-2-4-20(17)21/h2-9,12-13,15,18,22-23,28,33,37H,10-11,14,27H2,1H3,(H,29,35)(H,30,36)(H,31,34)/t15-,18-,22-,23-/m1/s1. The van der Waals surface area contributed by atoms with E-state index < -0.39 is 41.9 Å². The quantitative estimate of drug-likeness (QED) is 0.135. The van der Waals surface area contributed by atoms with E-state index in [9.17, 15) is 24.3 Å². The first-order valence-electron chi connectivity index (χ1n) is 11.8. The Bertz CT molecular complexity index is 1240. The number of aromatic amines is 1. The Morgan fingerprint density at radius 2 is 1.62 bits per heavy atom. The molecular weight excluding hydrogens is 494 g/mol. The highest BCUT2D eigenvalue weighted by Crippen LogP contribution is 2.19. The molecule has 11 heteroatoms. The molecule has 196 valence electrons. The third-order valence-corrected chi connectivity index (χ3v) is 6.21. The van der Waals surface area contributed by atoms with Gasteiger partial charge in [-0.2, -0.15) is 12.6 Å². The predicted octanol–water partition coefficient (Wildman–Crippen LogP) is 0.589. The number of phenolic OH excluding ortho intramolecular Hbond substituents is 1. The van der Waals surface area contributed by atoms with Crippen molar-refractivity contribution in [1.82, 2.24) is 20.9 Å². The molecule has 1 heterocycles. The van der Waals surface area contributed by atoms with Crippen molar-refractivity contribution in [3.05, 3.63) is 65.9 Å². The summed E-state index contributed by atoms with van der Waals surface area (Å²) in [5.41, 5.74) is 8.02. The molecule has 37 heavy (non-hydrogen) atoms. The van der Waals surface area contributed by atoms with Crippen molar-refractivity contribution in [1.29, 1.82) is 0 Å². The van der Waals surface area contributed by atoms with E-state index in [0.717, 1.165) is 16.5 Å². The summed E-state index contributed by atoms with van der Waals surface area (Å²) in [7, 11) is 0. The summed E-state index contributed by atoms with van der Waals surface area (Å²) in [5, 5.41) is 18.4. The van der Waals surface area contributed by atoms with Crippen LogP contribution in [0.4, 0.5) is 0 Å². The second-order valence-electron chi connectivity index (χ2n) is 8.78. The topological polar surface area (TPSA) is 166 Å². The maximum absolute atomic E-state index is 13.3. The molecule has 3 aromatic rings. The second-order valence-corrected chi connectivity index (χ2v) is 9.14. The zero-order valence-corrected chi connectivity index (χ0v) is 21.2. The Morgan fingerprint density at radius 1 is 0.973 bits per heavy atom. The molecule has 0 unspecified atom stereocenters. The van der Waals surface area contributed by atoms with Crippen LogP contribution in [-0.4, -0.2) is 64.0 Å². The molecule has 7 N–H and O–H groups in total. The largest absolute Gasteiger partial charge is 0.508 e. The molecule has 0 spiro atoms. The highest BCUT2D eigenvalue weighted by molar-refractivity contribution is 7.80. The highest BCUT2D eigenvalue weighted by atomic mass is 32.1. The van der Waals surface area contributed by atoms with Crippen LogP contribution >= 0.6 is 12.6 Å². The third-order valence-electron chi connectivity index (χ3n) is 5.84. The number of rotatable bonds is 12. The normalized spacial score (nSPS) is 14.2. The number of nitrogens with one attached hydrogen (secondary N) is 4. The molecule has 0 aliphatic rings. The Morgan fingerprint density at radius 3 is 2.27 bits per heavy atom. The van der Waals surface area contributed by atoms with Crippen LogP contribution in [-0.2, 0) is 32.0 Å². The van der Waals surface area contributed by atoms with Crippen molar-refractivity contribution < 1.29 is 24.3 Å². The molecule has 1 aromatic heterocycles. The minimum Gasteiger partial charge on any atom is -0.508 e. The lowest BCUT2D eigenvalue weighted by Gasteiger charge is -2.24. The fourth-order valence-electron chi connectivity index (χ4n) is 3.80. The average molecular weight is 526 g/mol. The number of aldehydes is 1. The Balaban J connectivity index is 1.76. The van der Waals surface area contributed by atoms with Gasteiger partial charge in [-0.05, 0) is 36.2 Å². The van der Waals surface area contributed by atoms with Gasteiger partial charge in [0.2, 0.25) is 17.7 Å². The number of carbonyl (C=O) groups is 4. The van der Waals surface area contributed by atoms with Crippen LogP contribution < -0.4 is 21.7 Å². The van der Waals surface area contributed by atoms with E-state index in [1.165, 1.54) is 19.1 Å². The lowest BCUT2D eigenvalue weighted by atomic mass is 10.0. The summed E-state index contributed by atoms with van der Waals surface area (Å²) < 4.78 is 0. The Kier molecular flexibility index (Phi) is 9.70. The van der Waals surface area contributed by atoms with E-state index in [-0.39, 0.29) is 24.3 Å². The smallest absolute Gasteiger partial charge is 0.244 e. The molecule has 4 atom stereocenters. The van der Waals surface area contributed by atoms with Gasteiger partial charge in [-0.3, -0.25) is 14.4 Å². The first kappa shape index (κ1) is 27.8. The van der Waals surface area contributed by atoms with Gasteiger partial charge in [0.25, 0.3) is 0 Å². The Labute approximate surface area is 219 Å². The fourth-order valence-corrected chi connectivity index (χ4v) is 4.06. The van der Waals surface area contributed by atoms with Gasteiger partial charge >= 0.3 is 0 Å². The van der Waals surface area contributed by atoms with Gasteiger partial charge in [0.1, 0.15) is 24.1 Å². The van der Waals surface area contributed by atoms with E-state index >= 15 is 0 Å². The van der Waals surface area contributed by atoms with Crippen molar-refractivity contribution in [2.45, 2.75) is 43.9 Å². The van der Waals surface area contributed by atoms with Gasteiger partial charge < -0.3 is 36.6 Å². The molecule has 0 radical (unpaired) electrons. The second kappa shape index (κ2) is 12.9. The van der Waals surface area contributed by atoms with Gasteiger partial charge in [-0.25, -0.2) is 0 Å². The molecule has 0 aliphatic heterocycles. The van der Waals surface area contributed by atoms with Crippen LogP contribution in [0.2, 0.25) is 0 Å². The Hall–Kier alpha value is -3.83. The lowest BCUT2D eigenvalue weighted by Crippen LogP contribution is -2.57. The molecule has 0 saturated heterocycles. The summed E-state index contributed by atoms with van der Waals surface area (Å²) in [6.45, 7) is 1.48. The zero-order valence-electron chi connectivity index (χ0n) is 20.3. The van der Waals surface area contributed by atoms with Crippen LogP contribution in [0.5, 0.6) is 5.75 Å². The number of fused-ring (bicyclic) bond motifs is 1. The van der Waals surface area contributed by atoms with E-state index in [0.29, 0.717) is 11.8 Å². The molecule has 0 saturated carbocycles. The molecule has 2 aromatic carbocycles. The number of hydrogen-bond donors (Lipinski definition) is 7. The van der Waals surface area contributed by atoms with E-state index in [4.69, 9.17) is 5.73 Å². The van der Waals surface area contributed by atoms with Gasteiger partial charge in [0.15, 0.2) is 0 Å². The molecular formula is C26H31N5O5S. The number of carbonyl (C=O) groups excluding carboxylic acids is 4. The lowest BCUT2D eigenvalue weighted by molar-refractivity contribution is -0.132. The summed E-state index contributed by atoms with van der Waals surface area (Å²) in [4.78, 5) is 53.2. The number of nitrogens with two attached hydrogens (primary N) is 1. The molecule has 3 amide bonds. The van der Waals surface area contributed by atoms with E-state index in [1.54, 1.807) is 18.3 Å². The number of para-hydroxylation sites is 1. The number of thiol groups is 1. The maximum atomic E-state index is 13.3. The maximum Gasteiger partial charge on any atom is 0.244 e. The number of phenols is 1. The molecule has 0 bridgehead atoms.